The average molecular weight is 254 g/mol. The molecule has 2 amide bonds. The molecule has 2 rings (SSSR count). The van der Waals surface area contributed by atoms with Crippen LogP contribution in [0.2, 0.25) is 0 Å². The molecule has 0 saturated heterocycles. The first-order chi connectivity index (χ1) is 8.63. The molecule has 4 nitrogen and oxygen atoms in total. The smallest absolute Gasteiger partial charge is 0.315 e. The Kier molecular flexibility index (Phi) is 4.49. The number of aliphatic hydroxyl groups is 1. The van der Waals surface area contributed by atoms with E-state index in [1.54, 1.807) is 0 Å². The highest BCUT2D eigenvalue weighted by Gasteiger charge is 2.42. The molecule has 0 spiro atoms. The molecule has 0 aromatic carbocycles. The highest BCUT2D eigenvalue weighted by Crippen LogP contribution is 2.49. The van der Waals surface area contributed by atoms with Crippen molar-refractivity contribution in [1.29, 1.82) is 0 Å². The molecule has 0 aromatic rings. The Hall–Kier alpha value is -0.770. The molecule has 0 aromatic heterocycles. The van der Waals surface area contributed by atoms with Crippen molar-refractivity contribution in [1.82, 2.24) is 10.6 Å². The zero-order chi connectivity index (χ0) is 13.1. The van der Waals surface area contributed by atoms with E-state index in [-0.39, 0.29) is 24.7 Å². The fraction of sp³-hybridized carbons (Fsp3) is 0.929. The van der Waals surface area contributed by atoms with Crippen LogP contribution in [0, 0.1) is 17.8 Å². The van der Waals surface area contributed by atoms with Gasteiger partial charge >= 0.3 is 6.03 Å². The van der Waals surface area contributed by atoms with E-state index in [2.05, 4.69) is 17.6 Å². The molecule has 2 fully saturated rings. The van der Waals surface area contributed by atoms with Crippen LogP contribution in [0.1, 0.15) is 46.0 Å². The van der Waals surface area contributed by atoms with E-state index >= 15 is 0 Å². The maximum atomic E-state index is 11.8. The van der Waals surface area contributed by atoms with Gasteiger partial charge in [-0.15, -0.1) is 0 Å². The lowest BCUT2D eigenvalue weighted by molar-refractivity contribution is 0.202. The van der Waals surface area contributed by atoms with Gasteiger partial charge < -0.3 is 15.7 Å². The number of aliphatic hydroxyl groups excluding tert-OH is 1. The summed E-state index contributed by atoms with van der Waals surface area (Å²) in [5.74, 6) is 2.39. The third-order valence-electron chi connectivity index (χ3n) is 4.84. The summed E-state index contributed by atoms with van der Waals surface area (Å²) < 4.78 is 0. The second-order valence-corrected chi connectivity index (χ2v) is 6.03. The van der Waals surface area contributed by atoms with E-state index in [0.717, 1.165) is 18.3 Å². The van der Waals surface area contributed by atoms with Crippen molar-refractivity contribution in [2.45, 2.75) is 58.0 Å². The van der Waals surface area contributed by atoms with Gasteiger partial charge in [0.2, 0.25) is 0 Å². The van der Waals surface area contributed by atoms with Crippen LogP contribution >= 0.6 is 0 Å². The normalized spacial score (nSPS) is 33.2. The highest BCUT2D eigenvalue weighted by atomic mass is 16.3. The zero-order valence-electron chi connectivity index (χ0n) is 11.5. The summed E-state index contributed by atoms with van der Waals surface area (Å²) in [6.45, 7) is 4.08. The number of urea groups is 1. The van der Waals surface area contributed by atoms with Crippen LogP contribution in [-0.4, -0.2) is 29.8 Å². The SMILES string of the molecule is CCC(CO)NC(=O)NC(C)C1CC2CCC1C2. The lowest BCUT2D eigenvalue weighted by Gasteiger charge is -2.29. The van der Waals surface area contributed by atoms with E-state index in [4.69, 9.17) is 5.11 Å². The Balaban J connectivity index is 1.77. The van der Waals surface area contributed by atoms with Gasteiger partial charge in [-0.05, 0) is 50.4 Å². The minimum absolute atomic E-state index is 0.00638. The molecule has 5 atom stereocenters. The van der Waals surface area contributed by atoms with Crippen LogP contribution in [0.15, 0.2) is 0 Å². The average Bonchev–Trinajstić information content (AvgIpc) is 2.97. The van der Waals surface area contributed by atoms with Gasteiger partial charge in [0.15, 0.2) is 0 Å². The van der Waals surface area contributed by atoms with Gasteiger partial charge in [-0.3, -0.25) is 0 Å². The van der Waals surface area contributed by atoms with E-state index in [1.807, 2.05) is 6.92 Å². The molecule has 0 aliphatic heterocycles. The van der Waals surface area contributed by atoms with Crippen molar-refractivity contribution >= 4 is 6.03 Å². The zero-order valence-corrected chi connectivity index (χ0v) is 11.5. The quantitative estimate of drug-likeness (QED) is 0.701. The number of amides is 2. The monoisotopic (exact) mass is 254 g/mol. The van der Waals surface area contributed by atoms with E-state index < -0.39 is 0 Å². The molecule has 0 radical (unpaired) electrons. The number of rotatable bonds is 5. The fourth-order valence-electron chi connectivity index (χ4n) is 3.72. The molecule has 104 valence electrons. The Morgan fingerprint density at radius 3 is 2.61 bits per heavy atom. The van der Waals surface area contributed by atoms with E-state index in [9.17, 15) is 4.79 Å². The summed E-state index contributed by atoms with van der Waals surface area (Å²) in [4.78, 5) is 11.8. The van der Waals surface area contributed by atoms with Crippen molar-refractivity contribution in [3.63, 3.8) is 0 Å². The summed E-state index contributed by atoms with van der Waals surface area (Å²) in [7, 11) is 0. The molecule has 4 heteroatoms. The van der Waals surface area contributed by atoms with Crippen LogP contribution in [0.4, 0.5) is 4.79 Å². The van der Waals surface area contributed by atoms with Crippen molar-refractivity contribution in [2.24, 2.45) is 17.8 Å². The van der Waals surface area contributed by atoms with Gasteiger partial charge in [0, 0.05) is 6.04 Å². The molecule has 3 N–H and O–H groups in total. The van der Waals surface area contributed by atoms with Gasteiger partial charge in [0.05, 0.1) is 12.6 Å². The van der Waals surface area contributed by atoms with Gasteiger partial charge in [-0.1, -0.05) is 13.3 Å². The summed E-state index contributed by atoms with van der Waals surface area (Å²) in [5, 5.41) is 14.9. The third kappa shape index (κ3) is 2.97. The number of carbonyl (C=O) groups excluding carboxylic acids is 1. The Morgan fingerprint density at radius 1 is 1.33 bits per heavy atom. The maximum Gasteiger partial charge on any atom is 0.315 e. The van der Waals surface area contributed by atoms with Crippen LogP contribution in [-0.2, 0) is 0 Å². The van der Waals surface area contributed by atoms with Gasteiger partial charge in [0.25, 0.3) is 0 Å². The summed E-state index contributed by atoms with van der Waals surface area (Å²) in [6.07, 6.45) is 6.14. The minimum atomic E-state index is -0.133. The summed E-state index contributed by atoms with van der Waals surface area (Å²) >= 11 is 0. The molecule has 18 heavy (non-hydrogen) atoms. The van der Waals surface area contributed by atoms with Crippen molar-refractivity contribution in [3.8, 4) is 0 Å². The van der Waals surface area contributed by atoms with Crippen LogP contribution in [0.25, 0.3) is 0 Å². The van der Waals surface area contributed by atoms with Crippen molar-refractivity contribution in [2.75, 3.05) is 6.61 Å². The predicted octanol–water partition coefficient (Wildman–Crippen LogP) is 1.88. The molecule has 2 aliphatic rings. The molecule has 0 heterocycles. The first-order valence-electron chi connectivity index (χ1n) is 7.31. The summed E-state index contributed by atoms with van der Waals surface area (Å²) in [5.41, 5.74) is 0. The predicted molar refractivity (Wildman–Crippen MR) is 71.2 cm³/mol. The van der Waals surface area contributed by atoms with Crippen LogP contribution < -0.4 is 10.6 Å². The molecule has 2 bridgehead atoms. The molecule has 5 unspecified atom stereocenters. The van der Waals surface area contributed by atoms with Gasteiger partial charge in [0.1, 0.15) is 0 Å². The standard InChI is InChI=1S/C14H26N2O2/c1-3-12(8-17)16-14(18)15-9(2)13-7-10-4-5-11(13)6-10/h9-13,17H,3-8H2,1-2H3,(H2,15,16,18). The molecular weight excluding hydrogens is 228 g/mol. The lowest BCUT2D eigenvalue weighted by atomic mass is 9.84. The molecular formula is C14H26N2O2. The minimum Gasteiger partial charge on any atom is -0.394 e. The van der Waals surface area contributed by atoms with Crippen LogP contribution in [0.3, 0.4) is 0 Å². The third-order valence-corrected chi connectivity index (χ3v) is 4.84. The second-order valence-electron chi connectivity index (χ2n) is 6.03. The van der Waals surface area contributed by atoms with Crippen molar-refractivity contribution < 1.29 is 9.90 Å². The van der Waals surface area contributed by atoms with E-state index in [1.165, 1.54) is 25.7 Å². The largest absolute Gasteiger partial charge is 0.394 e. The summed E-state index contributed by atoms with van der Waals surface area (Å²) in [6, 6.07) is -0.0140. The lowest BCUT2D eigenvalue weighted by Crippen LogP contribution is -2.49. The number of hydrogen-bond acceptors (Lipinski definition) is 2. The van der Waals surface area contributed by atoms with Gasteiger partial charge in [-0.2, -0.15) is 0 Å². The Morgan fingerprint density at radius 2 is 2.11 bits per heavy atom. The van der Waals surface area contributed by atoms with Crippen LogP contribution in [0.5, 0.6) is 0 Å². The number of fused-ring (bicyclic) bond motifs is 2. The van der Waals surface area contributed by atoms with Gasteiger partial charge in [-0.25, -0.2) is 4.79 Å². The second kappa shape index (κ2) is 5.91. The maximum absolute atomic E-state index is 11.8. The Bertz CT molecular complexity index is 292. The topological polar surface area (TPSA) is 61.4 Å². The first kappa shape index (κ1) is 13.7. The fourth-order valence-corrected chi connectivity index (χ4v) is 3.72. The number of carbonyl (C=O) groups is 1. The first-order valence-corrected chi connectivity index (χ1v) is 7.31. The highest BCUT2D eigenvalue weighted by molar-refractivity contribution is 5.74. The molecule has 2 aliphatic carbocycles. The molecule has 2 saturated carbocycles. The van der Waals surface area contributed by atoms with Crippen molar-refractivity contribution in [3.05, 3.63) is 0 Å². The number of nitrogens with one attached hydrogen (secondary N) is 2. The Labute approximate surface area is 110 Å². The number of hydrogen-bond donors (Lipinski definition) is 3. The van der Waals surface area contributed by atoms with E-state index in [0.29, 0.717) is 5.92 Å².